The molecule has 0 aliphatic carbocycles. The number of nitrogens with two attached hydrogens (primary N) is 1. The lowest BCUT2D eigenvalue weighted by molar-refractivity contribution is 0.136. The van der Waals surface area contributed by atoms with Gasteiger partial charge in [-0.3, -0.25) is 0 Å². The standard InChI is InChI=1S/C24H38N6S/c1-4-29-12-14-30(15-13-29)10-5-9-26-24(31)27-21-7-6-20-17-22(28(3)11-8-25)16-19(2)23(20)18-21/h6-7,16-18H,4-5,8-15,25H2,1-3H3,(H2,26,27,31). The van der Waals surface area contributed by atoms with Gasteiger partial charge in [-0.25, -0.2) is 0 Å². The molecule has 1 aliphatic heterocycles. The van der Waals surface area contributed by atoms with E-state index in [9.17, 15) is 0 Å². The molecule has 0 atom stereocenters. The van der Waals surface area contributed by atoms with Gasteiger partial charge in [0.2, 0.25) is 0 Å². The predicted molar refractivity (Wildman–Crippen MR) is 138 cm³/mol. The molecule has 7 heteroatoms. The first kappa shape index (κ1) is 23.7. The van der Waals surface area contributed by atoms with Crippen LogP contribution in [0.15, 0.2) is 30.3 Å². The Balaban J connectivity index is 1.48. The topological polar surface area (TPSA) is 59.8 Å². The maximum Gasteiger partial charge on any atom is 0.170 e. The normalized spacial score (nSPS) is 15.2. The summed E-state index contributed by atoms with van der Waals surface area (Å²) in [5, 5.41) is 9.86. The van der Waals surface area contributed by atoms with Crippen molar-refractivity contribution in [2.45, 2.75) is 20.3 Å². The first-order chi connectivity index (χ1) is 15.0. The highest BCUT2D eigenvalue weighted by atomic mass is 32.1. The molecule has 0 bridgehead atoms. The molecule has 1 saturated heterocycles. The smallest absolute Gasteiger partial charge is 0.170 e. The largest absolute Gasteiger partial charge is 0.373 e. The number of nitrogens with zero attached hydrogens (tertiary/aromatic N) is 3. The van der Waals surface area contributed by atoms with Gasteiger partial charge >= 0.3 is 0 Å². The molecule has 0 radical (unpaired) electrons. The minimum absolute atomic E-state index is 0.649. The summed E-state index contributed by atoms with van der Waals surface area (Å²) in [5.74, 6) is 0. The van der Waals surface area contributed by atoms with Crippen molar-refractivity contribution in [2.24, 2.45) is 5.73 Å². The van der Waals surface area contributed by atoms with Crippen molar-refractivity contribution >= 4 is 39.5 Å². The minimum atomic E-state index is 0.649. The molecule has 31 heavy (non-hydrogen) atoms. The number of anilines is 2. The van der Waals surface area contributed by atoms with E-state index in [2.05, 4.69) is 76.6 Å². The van der Waals surface area contributed by atoms with E-state index in [4.69, 9.17) is 18.0 Å². The number of nitrogens with one attached hydrogen (secondary N) is 2. The van der Waals surface area contributed by atoms with Gasteiger partial charge < -0.3 is 31.1 Å². The van der Waals surface area contributed by atoms with E-state index in [-0.39, 0.29) is 0 Å². The fraction of sp³-hybridized carbons (Fsp3) is 0.542. The van der Waals surface area contributed by atoms with Crippen LogP contribution < -0.4 is 21.3 Å². The fourth-order valence-corrected chi connectivity index (χ4v) is 4.37. The quantitative estimate of drug-likeness (QED) is 0.408. The van der Waals surface area contributed by atoms with Crippen LogP contribution in [0.25, 0.3) is 10.8 Å². The number of aryl methyl sites for hydroxylation is 1. The van der Waals surface area contributed by atoms with E-state index in [1.807, 2.05) is 0 Å². The molecule has 0 unspecified atom stereocenters. The number of hydrogen-bond acceptors (Lipinski definition) is 5. The Hall–Kier alpha value is -1.93. The Morgan fingerprint density at radius 2 is 1.87 bits per heavy atom. The predicted octanol–water partition coefficient (Wildman–Crippen LogP) is 2.86. The van der Waals surface area contributed by atoms with Gasteiger partial charge in [0.15, 0.2) is 5.11 Å². The molecule has 1 aliphatic rings. The van der Waals surface area contributed by atoms with Crippen molar-refractivity contribution in [1.29, 1.82) is 0 Å². The summed E-state index contributed by atoms with van der Waals surface area (Å²) >= 11 is 5.52. The molecule has 2 aromatic carbocycles. The summed E-state index contributed by atoms with van der Waals surface area (Å²) in [6, 6.07) is 10.9. The van der Waals surface area contributed by atoms with Crippen LogP contribution >= 0.6 is 12.2 Å². The summed E-state index contributed by atoms with van der Waals surface area (Å²) in [7, 11) is 2.08. The Morgan fingerprint density at radius 3 is 2.58 bits per heavy atom. The summed E-state index contributed by atoms with van der Waals surface area (Å²) in [6.45, 7) is 13.8. The SMILES string of the molecule is CCN1CCN(CCCNC(=S)Nc2ccc3cc(N(C)CCN)cc(C)c3c2)CC1. The van der Waals surface area contributed by atoms with Gasteiger partial charge in [-0.2, -0.15) is 0 Å². The van der Waals surface area contributed by atoms with Crippen molar-refractivity contribution in [3.05, 3.63) is 35.9 Å². The number of hydrogen-bond donors (Lipinski definition) is 3. The maximum absolute atomic E-state index is 5.70. The molecule has 170 valence electrons. The van der Waals surface area contributed by atoms with Crippen molar-refractivity contribution in [1.82, 2.24) is 15.1 Å². The zero-order valence-corrected chi connectivity index (χ0v) is 20.1. The van der Waals surface area contributed by atoms with E-state index in [1.54, 1.807) is 0 Å². The van der Waals surface area contributed by atoms with Crippen molar-refractivity contribution in [2.75, 3.05) is 76.2 Å². The Labute approximate surface area is 192 Å². The molecule has 0 aromatic heterocycles. The maximum atomic E-state index is 5.70. The van der Waals surface area contributed by atoms with Gasteiger partial charge in [0, 0.05) is 64.2 Å². The molecular weight excluding hydrogens is 404 g/mol. The molecule has 0 spiro atoms. The second kappa shape index (κ2) is 11.6. The van der Waals surface area contributed by atoms with Gasteiger partial charge in [-0.05, 0) is 79.3 Å². The lowest BCUT2D eigenvalue weighted by Crippen LogP contribution is -2.46. The number of thiocarbonyl (C=S) groups is 1. The minimum Gasteiger partial charge on any atom is -0.373 e. The van der Waals surface area contributed by atoms with Crippen molar-refractivity contribution in [3.8, 4) is 0 Å². The third-order valence-electron chi connectivity index (χ3n) is 6.16. The summed E-state index contributed by atoms with van der Waals surface area (Å²) < 4.78 is 0. The highest BCUT2D eigenvalue weighted by Crippen LogP contribution is 2.27. The van der Waals surface area contributed by atoms with Crippen LogP contribution in [0.3, 0.4) is 0 Å². The molecular formula is C24H38N6S. The third-order valence-corrected chi connectivity index (χ3v) is 6.40. The first-order valence-electron chi connectivity index (χ1n) is 11.5. The van der Waals surface area contributed by atoms with E-state index < -0.39 is 0 Å². The van der Waals surface area contributed by atoms with E-state index in [0.29, 0.717) is 11.7 Å². The van der Waals surface area contributed by atoms with Crippen LogP contribution in [0.1, 0.15) is 18.9 Å². The number of rotatable bonds is 9. The molecule has 2 aromatic rings. The number of likely N-dealkylation sites (N-methyl/N-ethyl adjacent to an activating group) is 2. The van der Waals surface area contributed by atoms with Gasteiger partial charge in [0.05, 0.1) is 0 Å². The number of fused-ring (bicyclic) bond motifs is 1. The first-order valence-corrected chi connectivity index (χ1v) is 11.9. The van der Waals surface area contributed by atoms with E-state index in [1.165, 1.54) is 48.2 Å². The van der Waals surface area contributed by atoms with E-state index in [0.717, 1.165) is 38.3 Å². The lowest BCUT2D eigenvalue weighted by atomic mass is 10.0. The zero-order chi connectivity index (χ0) is 22.2. The highest BCUT2D eigenvalue weighted by Gasteiger charge is 2.14. The van der Waals surface area contributed by atoms with E-state index >= 15 is 0 Å². The summed E-state index contributed by atoms with van der Waals surface area (Å²) in [5.41, 5.74) is 9.17. The van der Waals surface area contributed by atoms with Crippen LogP contribution in [0.5, 0.6) is 0 Å². The molecule has 1 heterocycles. The number of benzene rings is 2. The van der Waals surface area contributed by atoms with Gasteiger partial charge in [0.1, 0.15) is 0 Å². The van der Waals surface area contributed by atoms with Gasteiger partial charge in [0.25, 0.3) is 0 Å². The zero-order valence-electron chi connectivity index (χ0n) is 19.3. The lowest BCUT2D eigenvalue weighted by Gasteiger charge is -2.34. The average Bonchev–Trinajstić information content (AvgIpc) is 2.77. The second-order valence-electron chi connectivity index (χ2n) is 8.42. The Bertz CT molecular complexity index is 863. The van der Waals surface area contributed by atoms with Crippen LogP contribution in [0.4, 0.5) is 11.4 Å². The second-order valence-corrected chi connectivity index (χ2v) is 8.83. The average molecular weight is 443 g/mol. The molecule has 1 fully saturated rings. The molecule has 3 rings (SSSR count). The van der Waals surface area contributed by atoms with Crippen LogP contribution in [0.2, 0.25) is 0 Å². The third kappa shape index (κ3) is 6.77. The number of piperazine rings is 1. The Kier molecular flexibility index (Phi) is 8.90. The summed E-state index contributed by atoms with van der Waals surface area (Å²) in [6.07, 6.45) is 1.10. The molecule has 6 nitrogen and oxygen atoms in total. The van der Waals surface area contributed by atoms with Crippen LogP contribution in [0, 0.1) is 6.92 Å². The monoisotopic (exact) mass is 442 g/mol. The molecule has 0 saturated carbocycles. The van der Waals surface area contributed by atoms with Crippen LogP contribution in [-0.4, -0.2) is 80.9 Å². The van der Waals surface area contributed by atoms with Gasteiger partial charge in [-0.15, -0.1) is 0 Å². The summed E-state index contributed by atoms with van der Waals surface area (Å²) in [4.78, 5) is 7.26. The van der Waals surface area contributed by atoms with Crippen molar-refractivity contribution < 1.29 is 0 Å². The molecule has 4 N–H and O–H groups in total. The fourth-order valence-electron chi connectivity index (χ4n) is 4.15. The molecule has 0 amide bonds. The van der Waals surface area contributed by atoms with Crippen molar-refractivity contribution in [3.63, 3.8) is 0 Å². The highest BCUT2D eigenvalue weighted by molar-refractivity contribution is 7.80. The van der Waals surface area contributed by atoms with Gasteiger partial charge in [-0.1, -0.05) is 13.0 Å². The van der Waals surface area contributed by atoms with Crippen LogP contribution in [-0.2, 0) is 0 Å². The Morgan fingerprint density at radius 1 is 1.13 bits per heavy atom.